The van der Waals surface area contributed by atoms with Crippen LogP contribution in [0.1, 0.15) is 19.4 Å². The Kier molecular flexibility index (Phi) is 1.61. The van der Waals surface area contributed by atoms with Crippen molar-refractivity contribution >= 4 is 11.6 Å². The van der Waals surface area contributed by atoms with Crippen LogP contribution < -0.4 is 5.32 Å². The van der Waals surface area contributed by atoms with Crippen LogP contribution in [0, 0.1) is 0 Å². The number of para-hydroxylation sites is 1. The first-order valence-corrected chi connectivity index (χ1v) is 5.38. The standard InChI is InChI=1S/C12H15N3/c1-12(2)9-5-3-4-6-10(9)14-11-13-7-8-15(11)12/h3-6H,7-8H2,1-2H3,(H,13,14). The summed E-state index contributed by atoms with van der Waals surface area (Å²) in [5.41, 5.74) is 2.60. The molecular formula is C12H15N3. The molecule has 0 aromatic heterocycles. The van der Waals surface area contributed by atoms with Crippen LogP contribution in [0.25, 0.3) is 0 Å². The van der Waals surface area contributed by atoms with Crippen LogP contribution in [0.2, 0.25) is 0 Å². The lowest BCUT2D eigenvalue weighted by Gasteiger charge is -2.43. The van der Waals surface area contributed by atoms with E-state index >= 15 is 0 Å². The number of nitrogens with one attached hydrogen (secondary N) is 1. The molecule has 0 radical (unpaired) electrons. The molecule has 0 unspecified atom stereocenters. The molecule has 0 bridgehead atoms. The fourth-order valence-corrected chi connectivity index (χ4v) is 2.49. The van der Waals surface area contributed by atoms with Gasteiger partial charge in [0, 0.05) is 17.8 Å². The van der Waals surface area contributed by atoms with E-state index in [-0.39, 0.29) is 5.54 Å². The van der Waals surface area contributed by atoms with Gasteiger partial charge in [-0.05, 0) is 19.9 Å². The summed E-state index contributed by atoms with van der Waals surface area (Å²) in [4.78, 5) is 6.83. The number of anilines is 1. The van der Waals surface area contributed by atoms with Crippen molar-refractivity contribution in [1.29, 1.82) is 0 Å². The molecule has 3 nitrogen and oxygen atoms in total. The molecule has 2 aliphatic heterocycles. The van der Waals surface area contributed by atoms with Crippen LogP contribution in [0.4, 0.5) is 5.69 Å². The van der Waals surface area contributed by atoms with Crippen molar-refractivity contribution in [2.75, 3.05) is 18.4 Å². The third kappa shape index (κ3) is 1.09. The van der Waals surface area contributed by atoms with Gasteiger partial charge in [-0.15, -0.1) is 0 Å². The van der Waals surface area contributed by atoms with Crippen molar-refractivity contribution in [2.24, 2.45) is 4.99 Å². The van der Waals surface area contributed by atoms with E-state index in [2.05, 4.69) is 53.3 Å². The number of aliphatic imine (C=N–C) groups is 1. The molecule has 78 valence electrons. The Balaban J connectivity index is 2.18. The van der Waals surface area contributed by atoms with Crippen LogP contribution in [-0.4, -0.2) is 23.9 Å². The summed E-state index contributed by atoms with van der Waals surface area (Å²) >= 11 is 0. The van der Waals surface area contributed by atoms with E-state index in [4.69, 9.17) is 0 Å². The molecule has 3 heteroatoms. The van der Waals surface area contributed by atoms with Gasteiger partial charge in [-0.1, -0.05) is 18.2 Å². The lowest BCUT2D eigenvalue weighted by Crippen LogP contribution is -2.50. The Hall–Kier alpha value is -1.51. The highest BCUT2D eigenvalue weighted by atomic mass is 15.4. The van der Waals surface area contributed by atoms with Gasteiger partial charge in [-0.25, -0.2) is 0 Å². The zero-order valence-corrected chi connectivity index (χ0v) is 9.12. The van der Waals surface area contributed by atoms with Gasteiger partial charge < -0.3 is 10.2 Å². The second kappa shape index (κ2) is 2.75. The van der Waals surface area contributed by atoms with Crippen molar-refractivity contribution in [2.45, 2.75) is 19.4 Å². The molecule has 2 heterocycles. The first-order valence-electron chi connectivity index (χ1n) is 5.38. The molecule has 15 heavy (non-hydrogen) atoms. The maximum Gasteiger partial charge on any atom is 0.199 e. The second-order valence-electron chi connectivity index (χ2n) is 4.59. The maximum absolute atomic E-state index is 4.48. The molecule has 0 fully saturated rings. The summed E-state index contributed by atoms with van der Waals surface area (Å²) in [7, 11) is 0. The molecule has 0 amide bonds. The van der Waals surface area contributed by atoms with E-state index in [9.17, 15) is 0 Å². The molecule has 3 rings (SSSR count). The predicted molar refractivity (Wildman–Crippen MR) is 62.1 cm³/mol. The molecule has 0 atom stereocenters. The molecular weight excluding hydrogens is 186 g/mol. The molecule has 1 N–H and O–H groups in total. The van der Waals surface area contributed by atoms with Gasteiger partial charge >= 0.3 is 0 Å². The molecule has 2 aliphatic rings. The second-order valence-corrected chi connectivity index (χ2v) is 4.59. The van der Waals surface area contributed by atoms with Gasteiger partial charge in [-0.2, -0.15) is 0 Å². The SMILES string of the molecule is CC1(C)c2ccccc2NC2=NCCN21. The van der Waals surface area contributed by atoms with Crippen molar-refractivity contribution < 1.29 is 0 Å². The van der Waals surface area contributed by atoms with E-state index in [1.807, 2.05) is 0 Å². The van der Waals surface area contributed by atoms with E-state index in [1.54, 1.807) is 0 Å². The Morgan fingerprint density at radius 3 is 3.00 bits per heavy atom. The summed E-state index contributed by atoms with van der Waals surface area (Å²) in [6.45, 7) is 6.43. The number of fused-ring (bicyclic) bond motifs is 2. The minimum Gasteiger partial charge on any atom is -0.332 e. The van der Waals surface area contributed by atoms with E-state index in [0.29, 0.717) is 0 Å². The summed E-state index contributed by atoms with van der Waals surface area (Å²) in [6, 6.07) is 8.47. The number of benzene rings is 1. The number of hydrogen-bond acceptors (Lipinski definition) is 3. The molecule has 1 aromatic carbocycles. The van der Waals surface area contributed by atoms with Gasteiger partial charge in [0.05, 0.1) is 12.1 Å². The average molecular weight is 201 g/mol. The smallest absolute Gasteiger partial charge is 0.199 e. The van der Waals surface area contributed by atoms with E-state index in [0.717, 1.165) is 19.0 Å². The van der Waals surface area contributed by atoms with E-state index < -0.39 is 0 Å². The third-order valence-corrected chi connectivity index (χ3v) is 3.35. The van der Waals surface area contributed by atoms with Gasteiger partial charge in [0.1, 0.15) is 0 Å². The van der Waals surface area contributed by atoms with Crippen molar-refractivity contribution in [3.63, 3.8) is 0 Å². The van der Waals surface area contributed by atoms with Crippen molar-refractivity contribution in [3.05, 3.63) is 29.8 Å². The molecule has 0 aliphatic carbocycles. The highest BCUT2D eigenvalue weighted by Crippen LogP contribution is 2.38. The minimum atomic E-state index is 0.0528. The molecule has 0 spiro atoms. The number of rotatable bonds is 0. The largest absolute Gasteiger partial charge is 0.332 e. The summed E-state index contributed by atoms with van der Waals surface area (Å²) in [6.07, 6.45) is 0. The Bertz CT molecular complexity index is 434. The quantitative estimate of drug-likeness (QED) is 0.695. The highest BCUT2D eigenvalue weighted by molar-refractivity contribution is 5.98. The van der Waals surface area contributed by atoms with Crippen LogP contribution in [0.5, 0.6) is 0 Å². The van der Waals surface area contributed by atoms with Crippen LogP contribution in [-0.2, 0) is 5.54 Å². The lowest BCUT2D eigenvalue weighted by molar-refractivity contribution is 0.231. The monoisotopic (exact) mass is 201 g/mol. The zero-order chi connectivity index (χ0) is 10.5. The summed E-state index contributed by atoms with van der Waals surface area (Å²) < 4.78 is 0. The van der Waals surface area contributed by atoms with Crippen molar-refractivity contribution in [3.8, 4) is 0 Å². The van der Waals surface area contributed by atoms with Gasteiger partial charge in [-0.3, -0.25) is 4.99 Å². The van der Waals surface area contributed by atoms with Gasteiger partial charge in [0.25, 0.3) is 0 Å². The van der Waals surface area contributed by atoms with Gasteiger partial charge in [0.15, 0.2) is 5.96 Å². The molecule has 0 saturated heterocycles. The van der Waals surface area contributed by atoms with Crippen LogP contribution in [0.15, 0.2) is 29.3 Å². The number of guanidine groups is 1. The van der Waals surface area contributed by atoms with Crippen LogP contribution >= 0.6 is 0 Å². The Labute approximate surface area is 89.8 Å². The highest BCUT2D eigenvalue weighted by Gasteiger charge is 2.38. The number of nitrogens with zero attached hydrogens (tertiary/aromatic N) is 2. The fraction of sp³-hybridized carbons (Fsp3) is 0.417. The average Bonchev–Trinajstić information content (AvgIpc) is 2.67. The summed E-state index contributed by atoms with van der Waals surface area (Å²) in [5, 5.41) is 3.39. The zero-order valence-electron chi connectivity index (χ0n) is 9.12. The van der Waals surface area contributed by atoms with Crippen LogP contribution in [0.3, 0.4) is 0 Å². The molecule has 1 aromatic rings. The minimum absolute atomic E-state index is 0.0528. The first kappa shape index (κ1) is 8.77. The van der Waals surface area contributed by atoms with E-state index in [1.165, 1.54) is 11.3 Å². The Morgan fingerprint density at radius 1 is 1.33 bits per heavy atom. The van der Waals surface area contributed by atoms with Gasteiger partial charge in [0.2, 0.25) is 0 Å². The predicted octanol–water partition coefficient (Wildman–Crippen LogP) is 2.02. The summed E-state index contributed by atoms with van der Waals surface area (Å²) in [5.74, 6) is 1.03. The number of hydrogen-bond donors (Lipinski definition) is 1. The first-order chi connectivity index (χ1) is 7.19. The maximum atomic E-state index is 4.48. The lowest BCUT2D eigenvalue weighted by atomic mass is 9.89. The van der Waals surface area contributed by atoms with Crippen molar-refractivity contribution in [1.82, 2.24) is 4.90 Å². The normalized spacial score (nSPS) is 21.5. The fourth-order valence-electron chi connectivity index (χ4n) is 2.49. The molecule has 0 saturated carbocycles. The third-order valence-electron chi connectivity index (χ3n) is 3.35. The topological polar surface area (TPSA) is 27.6 Å². The Morgan fingerprint density at radius 2 is 2.13 bits per heavy atom.